The second-order valence-electron chi connectivity index (χ2n) is 16.1. The molecule has 290 valence electrons. The molecule has 12 aromatic rings. The summed E-state index contributed by atoms with van der Waals surface area (Å²) < 4.78 is 2.37. The molecule has 0 aliphatic heterocycles. The predicted molar refractivity (Wildman–Crippen MR) is 264 cm³/mol. The van der Waals surface area contributed by atoms with Gasteiger partial charge in [0.15, 0.2) is 0 Å². The number of aromatic nitrogens is 1. The number of fused-ring (bicyclic) bond motifs is 7. The number of anilines is 3. The van der Waals surface area contributed by atoms with Crippen LogP contribution in [0.15, 0.2) is 243 Å². The van der Waals surface area contributed by atoms with Crippen LogP contribution in [0, 0.1) is 0 Å². The standard InChI is InChI=1S/C60H40N2/c1-3-12-43(13-4-1)54-20-11-15-45-24-25-47(38-56(45)54)41-26-32-50(33-27-41)61(52-36-30-46-23-22-44-14-7-8-18-53(44)57(46)40-52)51-34-28-42(29-35-51)48-31-37-60-58(39-48)55-19-9-10-21-59(55)62(60)49-16-5-2-6-17-49/h1-40H. The van der Waals surface area contributed by atoms with Gasteiger partial charge in [-0.1, -0.05) is 170 Å². The minimum atomic E-state index is 1.10. The zero-order valence-electron chi connectivity index (χ0n) is 34.0. The van der Waals surface area contributed by atoms with E-state index in [4.69, 9.17) is 0 Å². The van der Waals surface area contributed by atoms with Crippen molar-refractivity contribution in [2.45, 2.75) is 0 Å². The highest BCUT2D eigenvalue weighted by atomic mass is 15.1. The molecule has 0 saturated heterocycles. The summed E-state index contributed by atoms with van der Waals surface area (Å²) in [6.45, 7) is 0. The van der Waals surface area contributed by atoms with Crippen LogP contribution in [0.2, 0.25) is 0 Å². The Morgan fingerprint density at radius 2 is 0.758 bits per heavy atom. The van der Waals surface area contributed by atoms with Gasteiger partial charge in [0.25, 0.3) is 0 Å². The predicted octanol–water partition coefficient (Wildman–Crippen LogP) is 16.7. The van der Waals surface area contributed by atoms with E-state index in [0.717, 1.165) is 17.1 Å². The lowest BCUT2D eigenvalue weighted by Crippen LogP contribution is -2.09. The summed E-state index contributed by atoms with van der Waals surface area (Å²) in [4.78, 5) is 2.39. The molecule has 0 spiro atoms. The van der Waals surface area contributed by atoms with Crippen molar-refractivity contribution < 1.29 is 0 Å². The molecule has 0 saturated carbocycles. The number of para-hydroxylation sites is 2. The zero-order chi connectivity index (χ0) is 41.0. The molecule has 0 bridgehead atoms. The van der Waals surface area contributed by atoms with Crippen LogP contribution in [-0.4, -0.2) is 4.57 Å². The van der Waals surface area contributed by atoms with Crippen molar-refractivity contribution in [2.24, 2.45) is 0 Å². The van der Waals surface area contributed by atoms with E-state index in [2.05, 4.69) is 252 Å². The lowest BCUT2D eigenvalue weighted by molar-refractivity contribution is 1.18. The van der Waals surface area contributed by atoms with Gasteiger partial charge in [-0.15, -0.1) is 0 Å². The molecule has 0 radical (unpaired) electrons. The van der Waals surface area contributed by atoms with E-state index < -0.39 is 0 Å². The highest BCUT2D eigenvalue weighted by Gasteiger charge is 2.17. The van der Waals surface area contributed by atoms with E-state index in [-0.39, 0.29) is 0 Å². The van der Waals surface area contributed by atoms with Crippen LogP contribution in [0.1, 0.15) is 0 Å². The van der Waals surface area contributed by atoms with Crippen molar-refractivity contribution in [2.75, 3.05) is 4.90 Å². The van der Waals surface area contributed by atoms with Crippen LogP contribution in [0.5, 0.6) is 0 Å². The van der Waals surface area contributed by atoms with Crippen LogP contribution >= 0.6 is 0 Å². The van der Waals surface area contributed by atoms with Crippen molar-refractivity contribution in [3.05, 3.63) is 243 Å². The Hall–Kier alpha value is -8.20. The SMILES string of the molecule is c1ccc(-c2cccc3ccc(-c4ccc(N(c5ccc(-c6ccc7c(c6)c6ccccc6n7-c6ccccc6)cc5)c5ccc6ccc7ccccc7c6c5)cc4)cc23)cc1. The fourth-order valence-electron chi connectivity index (χ4n) is 9.51. The lowest BCUT2D eigenvalue weighted by atomic mass is 9.95. The van der Waals surface area contributed by atoms with Gasteiger partial charge >= 0.3 is 0 Å². The van der Waals surface area contributed by atoms with E-state index >= 15 is 0 Å². The van der Waals surface area contributed by atoms with Gasteiger partial charge in [0.2, 0.25) is 0 Å². The molecule has 0 N–H and O–H groups in total. The molecular formula is C60H40N2. The van der Waals surface area contributed by atoms with Gasteiger partial charge in [-0.3, -0.25) is 0 Å². The molecule has 1 heterocycles. The maximum atomic E-state index is 2.39. The summed E-state index contributed by atoms with van der Waals surface area (Å²) in [6.07, 6.45) is 0. The molecule has 11 aromatic carbocycles. The maximum absolute atomic E-state index is 2.39. The van der Waals surface area contributed by atoms with Crippen LogP contribution in [0.3, 0.4) is 0 Å². The topological polar surface area (TPSA) is 8.17 Å². The Balaban J connectivity index is 0.953. The molecule has 2 nitrogen and oxygen atoms in total. The third kappa shape index (κ3) is 6.12. The fourth-order valence-corrected chi connectivity index (χ4v) is 9.51. The number of hydrogen-bond acceptors (Lipinski definition) is 1. The van der Waals surface area contributed by atoms with Crippen LogP contribution in [-0.2, 0) is 0 Å². The van der Waals surface area contributed by atoms with Crippen molar-refractivity contribution in [1.82, 2.24) is 4.57 Å². The smallest absolute Gasteiger partial charge is 0.0541 e. The first-order valence-electron chi connectivity index (χ1n) is 21.3. The Labute approximate surface area is 360 Å². The fraction of sp³-hybridized carbons (Fsp3) is 0. The van der Waals surface area contributed by atoms with Crippen LogP contribution in [0.25, 0.3) is 93.2 Å². The summed E-state index contributed by atoms with van der Waals surface area (Å²) in [5.74, 6) is 0. The van der Waals surface area contributed by atoms with E-state index in [1.54, 1.807) is 0 Å². The minimum Gasteiger partial charge on any atom is -0.310 e. The van der Waals surface area contributed by atoms with Gasteiger partial charge in [0.05, 0.1) is 11.0 Å². The Bertz CT molecular complexity index is 3600. The summed E-state index contributed by atoms with van der Waals surface area (Å²) in [5.41, 5.74) is 14.1. The third-order valence-electron chi connectivity index (χ3n) is 12.6. The Morgan fingerprint density at radius 3 is 1.50 bits per heavy atom. The van der Waals surface area contributed by atoms with Crippen LogP contribution in [0.4, 0.5) is 17.1 Å². The van der Waals surface area contributed by atoms with Gasteiger partial charge < -0.3 is 9.47 Å². The second kappa shape index (κ2) is 14.8. The maximum Gasteiger partial charge on any atom is 0.0541 e. The summed E-state index contributed by atoms with van der Waals surface area (Å²) in [5, 5.41) is 9.97. The van der Waals surface area contributed by atoms with Gasteiger partial charge in [-0.25, -0.2) is 0 Å². The third-order valence-corrected chi connectivity index (χ3v) is 12.6. The average Bonchev–Trinajstić information content (AvgIpc) is 3.68. The molecule has 0 atom stereocenters. The normalized spacial score (nSPS) is 11.5. The number of benzene rings is 11. The monoisotopic (exact) mass is 788 g/mol. The Morgan fingerprint density at radius 1 is 0.258 bits per heavy atom. The molecular weight excluding hydrogens is 749 g/mol. The largest absolute Gasteiger partial charge is 0.310 e. The molecule has 0 fully saturated rings. The van der Waals surface area contributed by atoms with E-state index in [1.807, 2.05) is 0 Å². The molecule has 0 aliphatic rings. The summed E-state index contributed by atoms with van der Waals surface area (Å²) in [7, 11) is 0. The van der Waals surface area contributed by atoms with E-state index in [9.17, 15) is 0 Å². The highest BCUT2D eigenvalue weighted by molar-refractivity contribution is 6.11. The van der Waals surface area contributed by atoms with E-state index in [1.165, 1.54) is 93.2 Å². The summed E-state index contributed by atoms with van der Waals surface area (Å²) in [6, 6.07) is 88.5. The summed E-state index contributed by atoms with van der Waals surface area (Å²) >= 11 is 0. The van der Waals surface area contributed by atoms with Gasteiger partial charge in [-0.2, -0.15) is 0 Å². The molecule has 0 unspecified atom stereocenters. The number of rotatable bonds is 7. The first-order chi connectivity index (χ1) is 30.7. The molecule has 2 heteroatoms. The van der Waals surface area contributed by atoms with Gasteiger partial charge in [0, 0.05) is 33.5 Å². The second-order valence-corrected chi connectivity index (χ2v) is 16.1. The molecule has 12 rings (SSSR count). The van der Waals surface area contributed by atoms with Gasteiger partial charge in [0.1, 0.15) is 0 Å². The average molecular weight is 789 g/mol. The zero-order valence-corrected chi connectivity index (χ0v) is 34.0. The van der Waals surface area contributed by atoms with E-state index in [0.29, 0.717) is 0 Å². The molecule has 62 heavy (non-hydrogen) atoms. The minimum absolute atomic E-state index is 1.10. The first kappa shape index (κ1) is 35.7. The quantitative estimate of drug-likeness (QED) is 0.146. The van der Waals surface area contributed by atoms with Crippen molar-refractivity contribution in [3.63, 3.8) is 0 Å². The molecule has 1 aromatic heterocycles. The lowest BCUT2D eigenvalue weighted by Gasteiger charge is -2.26. The molecule has 0 aliphatic carbocycles. The Kier molecular flexibility index (Phi) is 8.53. The number of hydrogen-bond donors (Lipinski definition) is 0. The van der Waals surface area contributed by atoms with Crippen LogP contribution < -0.4 is 4.90 Å². The van der Waals surface area contributed by atoms with Crippen molar-refractivity contribution in [3.8, 4) is 39.1 Å². The number of nitrogens with zero attached hydrogens (tertiary/aromatic N) is 2. The van der Waals surface area contributed by atoms with Crippen molar-refractivity contribution in [1.29, 1.82) is 0 Å². The van der Waals surface area contributed by atoms with Gasteiger partial charge in [-0.05, 0) is 138 Å². The highest BCUT2D eigenvalue weighted by Crippen LogP contribution is 2.41. The first-order valence-corrected chi connectivity index (χ1v) is 21.3. The molecule has 0 amide bonds. The van der Waals surface area contributed by atoms with Crippen molar-refractivity contribution >= 4 is 71.2 Å².